The lowest BCUT2D eigenvalue weighted by Gasteiger charge is -2.10. The average molecular weight is 413 g/mol. The SMILES string of the molecule is Cc1cc(C(F)(F)F)nn1CC(=O)Nc1ccc(Br)c2cccnc12. The van der Waals surface area contributed by atoms with Gasteiger partial charge in [0.15, 0.2) is 5.69 Å². The molecule has 2 heterocycles. The number of aromatic nitrogens is 3. The number of hydrogen-bond acceptors (Lipinski definition) is 3. The van der Waals surface area contributed by atoms with Gasteiger partial charge in [-0.1, -0.05) is 22.0 Å². The van der Waals surface area contributed by atoms with E-state index >= 15 is 0 Å². The summed E-state index contributed by atoms with van der Waals surface area (Å²) in [5, 5.41) is 6.93. The number of pyridine rings is 1. The highest BCUT2D eigenvalue weighted by Gasteiger charge is 2.34. The molecule has 0 fully saturated rings. The number of carbonyl (C=O) groups is 1. The molecule has 130 valence electrons. The standard InChI is InChI=1S/C16H12BrF3N4O/c1-9-7-13(16(18,19)20)23-24(9)8-14(25)22-12-5-4-11(17)10-3-2-6-21-15(10)12/h2-7H,8H2,1H3,(H,22,25). The first-order chi connectivity index (χ1) is 11.8. The van der Waals surface area contributed by atoms with Crippen LogP contribution in [0.5, 0.6) is 0 Å². The van der Waals surface area contributed by atoms with E-state index < -0.39 is 17.8 Å². The van der Waals surface area contributed by atoms with Crippen LogP contribution in [0.15, 0.2) is 41.0 Å². The lowest BCUT2D eigenvalue weighted by molar-refractivity contribution is -0.141. The number of nitrogens with zero attached hydrogens (tertiary/aromatic N) is 3. The van der Waals surface area contributed by atoms with Gasteiger partial charge in [0.1, 0.15) is 6.54 Å². The lowest BCUT2D eigenvalue weighted by Crippen LogP contribution is -2.21. The van der Waals surface area contributed by atoms with Crippen molar-refractivity contribution in [2.24, 2.45) is 0 Å². The van der Waals surface area contributed by atoms with Gasteiger partial charge >= 0.3 is 6.18 Å². The van der Waals surface area contributed by atoms with E-state index in [1.165, 1.54) is 6.92 Å². The van der Waals surface area contributed by atoms with Gasteiger partial charge in [-0.3, -0.25) is 14.5 Å². The predicted molar refractivity (Wildman–Crippen MR) is 90.0 cm³/mol. The molecule has 1 N–H and O–H groups in total. The molecular weight excluding hydrogens is 401 g/mol. The number of benzene rings is 1. The van der Waals surface area contributed by atoms with Gasteiger partial charge in [0, 0.05) is 21.7 Å². The van der Waals surface area contributed by atoms with Crippen molar-refractivity contribution >= 4 is 38.4 Å². The molecule has 25 heavy (non-hydrogen) atoms. The maximum absolute atomic E-state index is 12.7. The first kappa shape index (κ1) is 17.4. The second kappa shape index (κ2) is 6.47. The van der Waals surface area contributed by atoms with Crippen LogP contribution in [0.25, 0.3) is 10.9 Å². The summed E-state index contributed by atoms with van der Waals surface area (Å²) in [6.45, 7) is 1.14. The molecule has 0 radical (unpaired) electrons. The molecule has 0 aliphatic carbocycles. The van der Waals surface area contributed by atoms with E-state index in [-0.39, 0.29) is 12.2 Å². The largest absolute Gasteiger partial charge is 0.435 e. The number of fused-ring (bicyclic) bond motifs is 1. The van der Waals surface area contributed by atoms with Crippen LogP contribution >= 0.6 is 15.9 Å². The van der Waals surface area contributed by atoms with Gasteiger partial charge in [0.25, 0.3) is 0 Å². The molecule has 5 nitrogen and oxygen atoms in total. The smallest absolute Gasteiger partial charge is 0.323 e. The summed E-state index contributed by atoms with van der Waals surface area (Å²) in [7, 11) is 0. The monoisotopic (exact) mass is 412 g/mol. The van der Waals surface area contributed by atoms with E-state index in [1.807, 2.05) is 6.07 Å². The molecule has 0 aliphatic heterocycles. The van der Waals surface area contributed by atoms with Crippen molar-refractivity contribution in [2.75, 3.05) is 5.32 Å². The van der Waals surface area contributed by atoms with Crippen molar-refractivity contribution in [3.8, 4) is 0 Å². The van der Waals surface area contributed by atoms with Gasteiger partial charge in [-0.2, -0.15) is 18.3 Å². The molecule has 0 unspecified atom stereocenters. The molecule has 2 aromatic heterocycles. The number of aryl methyl sites for hydroxylation is 1. The molecule has 1 amide bonds. The molecule has 0 spiro atoms. The quantitative estimate of drug-likeness (QED) is 0.702. The molecule has 0 atom stereocenters. The predicted octanol–water partition coefficient (Wildman–Crippen LogP) is 4.16. The number of nitrogens with one attached hydrogen (secondary N) is 1. The van der Waals surface area contributed by atoms with Crippen molar-refractivity contribution in [1.82, 2.24) is 14.8 Å². The summed E-state index contributed by atoms with van der Waals surface area (Å²) < 4.78 is 39.9. The first-order valence-corrected chi connectivity index (χ1v) is 8.00. The van der Waals surface area contributed by atoms with E-state index in [9.17, 15) is 18.0 Å². The first-order valence-electron chi connectivity index (χ1n) is 7.20. The zero-order chi connectivity index (χ0) is 18.2. The Morgan fingerprint density at radius 3 is 2.76 bits per heavy atom. The van der Waals surface area contributed by atoms with Crippen LogP contribution in [0.4, 0.5) is 18.9 Å². The number of carbonyl (C=O) groups excluding carboxylic acids is 1. The minimum absolute atomic E-state index is 0.251. The van der Waals surface area contributed by atoms with Gasteiger partial charge in [0.2, 0.25) is 5.91 Å². The van der Waals surface area contributed by atoms with Gasteiger partial charge in [0.05, 0.1) is 11.2 Å². The third kappa shape index (κ3) is 3.65. The van der Waals surface area contributed by atoms with Crippen molar-refractivity contribution in [3.05, 3.63) is 52.4 Å². The maximum atomic E-state index is 12.7. The summed E-state index contributed by atoms with van der Waals surface area (Å²) in [6, 6.07) is 7.96. The van der Waals surface area contributed by atoms with Gasteiger partial charge in [-0.15, -0.1) is 0 Å². The van der Waals surface area contributed by atoms with Crippen molar-refractivity contribution < 1.29 is 18.0 Å². The second-order valence-electron chi connectivity index (χ2n) is 5.37. The van der Waals surface area contributed by atoms with Crippen LogP contribution in [0, 0.1) is 6.92 Å². The molecule has 3 rings (SSSR count). The topological polar surface area (TPSA) is 59.8 Å². The minimum Gasteiger partial charge on any atom is -0.323 e. The Balaban J connectivity index is 1.83. The highest BCUT2D eigenvalue weighted by atomic mass is 79.9. The number of anilines is 1. The van der Waals surface area contributed by atoms with E-state index in [4.69, 9.17) is 0 Å². The lowest BCUT2D eigenvalue weighted by atomic mass is 10.2. The number of halogens is 4. The van der Waals surface area contributed by atoms with Crippen molar-refractivity contribution in [1.29, 1.82) is 0 Å². The molecule has 1 aromatic carbocycles. The second-order valence-corrected chi connectivity index (χ2v) is 6.22. The maximum Gasteiger partial charge on any atom is 0.435 e. The summed E-state index contributed by atoms with van der Waals surface area (Å²) in [5.74, 6) is -0.491. The fourth-order valence-corrected chi connectivity index (χ4v) is 2.83. The summed E-state index contributed by atoms with van der Waals surface area (Å²) in [5.41, 5.74) is 0.290. The normalized spacial score (nSPS) is 11.7. The van der Waals surface area contributed by atoms with Crippen molar-refractivity contribution in [2.45, 2.75) is 19.6 Å². The Labute approximate surface area is 149 Å². The Kier molecular flexibility index (Phi) is 4.51. The Morgan fingerprint density at radius 1 is 1.32 bits per heavy atom. The van der Waals surface area contributed by atoms with Crippen molar-refractivity contribution in [3.63, 3.8) is 0 Å². The Morgan fingerprint density at radius 2 is 2.08 bits per heavy atom. The summed E-state index contributed by atoms with van der Waals surface area (Å²) in [4.78, 5) is 16.5. The van der Waals surface area contributed by atoms with Crippen LogP contribution in [-0.4, -0.2) is 20.7 Å². The highest BCUT2D eigenvalue weighted by molar-refractivity contribution is 9.10. The molecule has 0 saturated carbocycles. The van der Waals surface area contributed by atoms with E-state index in [0.29, 0.717) is 11.2 Å². The number of hydrogen-bond donors (Lipinski definition) is 1. The van der Waals surface area contributed by atoms with Crippen LogP contribution < -0.4 is 5.32 Å². The molecule has 0 aliphatic rings. The molecule has 3 aromatic rings. The number of rotatable bonds is 3. The fourth-order valence-electron chi connectivity index (χ4n) is 2.37. The summed E-state index contributed by atoms with van der Waals surface area (Å²) in [6.07, 6.45) is -2.95. The third-order valence-corrected chi connectivity index (χ3v) is 4.25. The van der Waals surface area contributed by atoms with Gasteiger partial charge < -0.3 is 5.32 Å². The Bertz CT molecular complexity index is 952. The number of alkyl halides is 3. The molecule has 9 heteroatoms. The Hall–Kier alpha value is -2.42. The van der Waals surface area contributed by atoms with Crippen LogP contribution in [0.2, 0.25) is 0 Å². The zero-order valence-corrected chi connectivity index (χ0v) is 14.5. The zero-order valence-electron chi connectivity index (χ0n) is 12.9. The fraction of sp³-hybridized carbons (Fsp3) is 0.188. The highest BCUT2D eigenvalue weighted by Crippen LogP contribution is 2.29. The van der Waals surface area contributed by atoms with E-state index in [1.54, 1.807) is 24.4 Å². The summed E-state index contributed by atoms with van der Waals surface area (Å²) >= 11 is 3.41. The average Bonchev–Trinajstić information content (AvgIpc) is 2.91. The molecule has 0 saturated heterocycles. The third-order valence-electron chi connectivity index (χ3n) is 3.56. The van der Waals surface area contributed by atoms with E-state index in [0.717, 1.165) is 20.6 Å². The van der Waals surface area contributed by atoms with E-state index in [2.05, 4.69) is 31.3 Å². The molecular formula is C16H12BrF3N4O. The van der Waals surface area contributed by atoms with Gasteiger partial charge in [-0.05, 0) is 31.2 Å². The minimum atomic E-state index is -4.54. The van der Waals surface area contributed by atoms with Crippen LogP contribution in [0.1, 0.15) is 11.4 Å². The van der Waals surface area contributed by atoms with Crippen LogP contribution in [-0.2, 0) is 17.5 Å². The molecule has 0 bridgehead atoms. The number of amides is 1. The van der Waals surface area contributed by atoms with Crippen LogP contribution in [0.3, 0.4) is 0 Å². The van der Waals surface area contributed by atoms with Gasteiger partial charge in [-0.25, -0.2) is 0 Å².